The predicted molar refractivity (Wildman–Crippen MR) is 76.3 cm³/mol. The summed E-state index contributed by atoms with van der Waals surface area (Å²) >= 11 is 6.09. The highest BCUT2D eigenvalue weighted by molar-refractivity contribution is 6.31. The van der Waals surface area contributed by atoms with Crippen molar-refractivity contribution in [2.75, 3.05) is 5.73 Å². The molecule has 3 rings (SSSR count). The van der Waals surface area contributed by atoms with Crippen LogP contribution in [-0.2, 0) is 7.05 Å². The lowest BCUT2D eigenvalue weighted by molar-refractivity contribution is 0.121. The zero-order valence-electron chi connectivity index (χ0n) is 10.8. The molecule has 100 valence electrons. The monoisotopic (exact) mass is 277 g/mol. The third-order valence-corrected chi connectivity index (χ3v) is 3.80. The summed E-state index contributed by atoms with van der Waals surface area (Å²) in [5.74, 6) is 1.44. The lowest BCUT2D eigenvalue weighted by atomic mass is 9.96. The van der Waals surface area contributed by atoms with Crippen LogP contribution in [0.4, 0.5) is 5.82 Å². The fraction of sp³-hybridized carbons (Fsp3) is 0.357. The summed E-state index contributed by atoms with van der Waals surface area (Å²) < 4.78 is 7.65. The van der Waals surface area contributed by atoms with Crippen LogP contribution in [0.25, 0.3) is 11.1 Å². The molecule has 1 saturated carbocycles. The van der Waals surface area contributed by atoms with Gasteiger partial charge in [0, 0.05) is 23.2 Å². The molecule has 1 aliphatic carbocycles. The van der Waals surface area contributed by atoms with Gasteiger partial charge >= 0.3 is 0 Å². The number of nitrogen functional groups attached to an aromatic ring is 1. The first-order valence-corrected chi connectivity index (χ1v) is 6.77. The van der Waals surface area contributed by atoms with Gasteiger partial charge in [0.05, 0.1) is 12.3 Å². The van der Waals surface area contributed by atoms with Gasteiger partial charge in [-0.3, -0.25) is 4.68 Å². The zero-order valence-corrected chi connectivity index (χ0v) is 11.5. The van der Waals surface area contributed by atoms with E-state index < -0.39 is 0 Å². The molecule has 2 N–H and O–H groups in total. The molecule has 0 spiro atoms. The molecule has 0 bridgehead atoms. The summed E-state index contributed by atoms with van der Waals surface area (Å²) in [5.41, 5.74) is 7.80. The number of benzene rings is 1. The van der Waals surface area contributed by atoms with Crippen molar-refractivity contribution in [3.8, 4) is 16.9 Å². The Morgan fingerprint density at radius 1 is 1.37 bits per heavy atom. The Hall–Kier alpha value is -1.68. The molecule has 0 saturated heterocycles. The van der Waals surface area contributed by atoms with Gasteiger partial charge in [-0.15, -0.1) is 0 Å². The molecule has 1 aromatic carbocycles. The van der Waals surface area contributed by atoms with E-state index in [0.29, 0.717) is 16.9 Å². The third-order valence-electron chi connectivity index (χ3n) is 3.56. The Morgan fingerprint density at radius 2 is 2.16 bits per heavy atom. The van der Waals surface area contributed by atoms with Gasteiger partial charge in [-0.1, -0.05) is 11.6 Å². The summed E-state index contributed by atoms with van der Waals surface area (Å²) in [6.45, 7) is 0. The van der Waals surface area contributed by atoms with Crippen LogP contribution in [0.2, 0.25) is 5.02 Å². The van der Waals surface area contributed by atoms with E-state index in [2.05, 4.69) is 5.10 Å². The fourth-order valence-corrected chi connectivity index (χ4v) is 2.31. The first-order chi connectivity index (χ1) is 9.15. The van der Waals surface area contributed by atoms with Crippen molar-refractivity contribution >= 4 is 17.4 Å². The Morgan fingerprint density at radius 3 is 2.74 bits per heavy atom. The van der Waals surface area contributed by atoms with Crippen LogP contribution >= 0.6 is 11.6 Å². The molecule has 1 fully saturated rings. The molecule has 0 unspecified atom stereocenters. The summed E-state index contributed by atoms with van der Waals surface area (Å²) in [5, 5.41) is 4.84. The van der Waals surface area contributed by atoms with Crippen molar-refractivity contribution in [3.05, 3.63) is 29.4 Å². The molecule has 2 aromatic rings. The first kappa shape index (κ1) is 12.4. The number of halogens is 1. The molecule has 1 heterocycles. The number of aryl methyl sites for hydroxylation is 1. The van der Waals surface area contributed by atoms with Gasteiger partial charge in [-0.25, -0.2) is 0 Å². The van der Waals surface area contributed by atoms with Gasteiger partial charge in [0.15, 0.2) is 0 Å². The van der Waals surface area contributed by atoms with Crippen molar-refractivity contribution in [1.82, 2.24) is 9.78 Å². The predicted octanol–water partition coefficient (Wildman–Crippen LogP) is 3.25. The highest BCUT2D eigenvalue weighted by atomic mass is 35.5. The van der Waals surface area contributed by atoms with Crippen LogP contribution < -0.4 is 10.5 Å². The topological polar surface area (TPSA) is 53.1 Å². The van der Waals surface area contributed by atoms with Crippen LogP contribution in [-0.4, -0.2) is 15.9 Å². The average Bonchev–Trinajstić information content (AvgIpc) is 2.66. The van der Waals surface area contributed by atoms with E-state index in [1.165, 1.54) is 6.42 Å². The molecule has 4 nitrogen and oxygen atoms in total. The van der Waals surface area contributed by atoms with E-state index in [9.17, 15) is 0 Å². The van der Waals surface area contributed by atoms with Gasteiger partial charge in [0.2, 0.25) is 0 Å². The van der Waals surface area contributed by atoms with E-state index in [1.807, 2.05) is 25.2 Å². The maximum absolute atomic E-state index is 6.09. The Bertz CT molecular complexity index is 605. The van der Waals surface area contributed by atoms with Crippen molar-refractivity contribution in [2.24, 2.45) is 7.05 Å². The number of nitrogens with zero attached hydrogens (tertiary/aromatic N) is 2. The van der Waals surface area contributed by atoms with Crippen LogP contribution in [0.5, 0.6) is 5.75 Å². The number of anilines is 1. The number of nitrogens with two attached hydrogens (primary N) is 1. The van der Waals surface area contributed by atoms with E-state index >= 15 is 0 Å². The molecule has 5 heteroatoms. The van der Waals surface area contributed by atoms with Gasteiger partial charge in [-0.2, -0.15) is 5.10 Å². The minimum absolute atomic E-state index is 0.317. The Labute approximate surface area is 117 Å². The lowest BCUT2D eigenvalue weighted by Gasteiger charge is -2.27. The Balaban J connectivity index is 2.02. The van der Waals surface area contributed by atoms with Gasteiger partial charge < -0.3 is 10.5 Å². The van der Waals surface area contributed by atoms with Crippen molar-refractivity contribution in [1.29, 1.82) is 0 Å². The third kappa shape index (κ3) is 2.28. The highest BCUT2D eigenvalue weighted by Crippen LogP contribution is 2.37. The maximum atomic E-state index is 6.09. The van der Waals surface area contributed by atoms with Crippen LogP contribution in [0.15, 0.2) is 24.4 Å². The summed E-state index contributed by atoms with van der Waals surface area (Å²) in [6, 6.07) is 5.62. The summed E-state index contributed by atoms with van der Waals surface area (Å²) in [4.78, 5) is 0. The molecule has 0 amide bonds. The van der Waals surface area contributed by atoms with Crippen molar-refractivity contribution in [2.45, 2.75) is 25.4 Å². The van der Waals surface area contributed by atoms with Crippen LogP contribution in [0, 0.1) is 0 Å². The highest BCUT2D eigenvalue weighted by Gasteiger charge is 2.22. The second kappa shape index (κ2) is 4.78. The summed E-state index contributed by atoms with van der Waals surface area (Å²) in [6.07, 6.45) is 5.53. The van der Waals surface area contributed by atoms with Crippen LogP contribution in [0.1, 0.15) is 19.3 Å². The van der Waals surface area contributed by atoms with E-state index in [4.69, 9.17) is 22.1 Å². The van der Waals surface area contributed by atoms with Gasteiger partial charge in [-0.05, 0) is 37.5 Å². The molecule has 0 aliphatic heterocycles. The number of rotatable bonds is 3. The minimum Gasteiger partial charge on any atom is -0.490 e. The van der Waals surface area contributed by atoms with Crippen molar-refractivity contribution in [3.63, 3.8) is 0 Å². The minimum atomic E-state index is 0.317. The SMILES string of the molecule is Cn1ncc(-c2cc(Cl)ccc2OC2CCC2)c1N. The van der Waals surface area contributed by atoms with Crippen LogP contribution in [0.3, 0.4) is 0 Å². The first-order valence-electron chi connectivity index (χ1n) is 6.39. The average molecular weight is 278 g/mol. The number of hydrogen-bond donors (Lipinski definition) is 1. The fourth-order valence-electron chi connectivity index (χ4n) is 2.14. The van der Waals surface area contributed by atoms with E-state index in [1.54, 1.807) is 10.9 Å². The molecule has 19 heavy (non-hydrogen) atoms. The number of ether oxygens (including phenoxy) is 1. The molecule has 1 aliphatic rings. The molecule has 0 atom stereocenters. The number of hydrogen-bond acceptors (Lipinski definition) is 3. The van der Waals surface area contributed by atoms with Gasteiger partial charge in [0.25, 0.3) is 0 Å². The van der Waals surface area contributed by atoms with Gasteiger partial charge in [0.1, 0.15) is 11.6 Å². The van der Waals surface area contributed by atoms with E-state index in [0.717, 1.165) is 29.7 Å². The standard InChI is InChI=1S/C14H16ClN3O/c1-18-14(16)12(8-17-18)11-7-9(15)5-6-13(11)19-10-3-2-4-10/h5-8,10H,2-4,16H2,1H3. The molecule has 0 radical (unpaired) electrons. The maximum Gasteiger partial charge on any atom is 0.129 e. The number of aromatic nitrogens is 2. The molecular formula is C14H16ClN3O. The largest absolute Gasteiger partial charge is 0.490 e. The Kier molecular flexibility index (Phi) is 3.11. The zero-order chi connectivity index (χ0) is 13.4. The molecular weight excluding hydrogens is 262 g/mol. The van der Waals surface area contributed by atoms with E-state index in [-0.39, 0.29) is 0 Å². The smallest absolute Gasteiger partial charge is 0.129 e. The quantitative estimate of drug-likeness (QED) is 0.937. The normalized spacial score (nSPS) is 15.3. The second-order valence-electron chi connectivity index (χ2n) is 4.88. The second-order valence-corrected chi connectivity index (χ2v) is 5.31. The lowest BCUT2D eigenvalue weighted by Crippen LogP contribution is -2.24. The summed E-state index contributed by atoms with van der Waals surface area (Å²) in [7, 11) is 1.82. The van der Waals surface area contributed by atoms with Crippen molar-refractivity contribution < 1.29 is 4.74 Å². The molecule has 1 aromatic heterocycles.